The van der Waals surface area contributed by atoms with E-state index in [1.807, 2.05) is 55.8 Å². The fourth-order valence-electron chi connectivity index (χ4n) is 3.99. The molecule has 3 heterocycles. The number of hydrogen-bond donors (Lipinski definition) is 1. The van der Waals surface area contributed by atoms with Crippen LogP contribution in [0.3, 0.4) is 0 Å². The van der Waals surface area contributed by atoms with Crippen molar-refractivity contribution < 1.29 is 9.21 Å². The molecule has 0 spiro atoms. The second-order valence-corrected chi connectivity index (χ2v) is 8.22. The summed E-state index contributed by atoms with van der Waals surface area (Å²) in [5.41, 5.74) is 5.85. The predicted molar refractivity (Wildman–Crippen MR) is 124 cm³/mol. The summed E-state index contributed by atoms with van der Waals surface area (Å²) in [6.45, 7) is 12.0. The Morgan fingerprint density at radius 1 is 1.19 bits per heavy atom. The van der Waals surface area contributed by atoms with Gasteiger partial charge in [0.25, 0.3) is 5.91 Å². The summed E-state index contributed by atoms with van der Waals surface area (Å²) in [7, 11) is 0. The van der Waals surface area contributed by atoms with Gasteiger partial charge in [-0.2, -0.15) is 5.10 Å². The van der Waals surface area contributed by atoms with E-state index in [1.165, 1.54) is 0 Å². The molecule has 1 N–H and O–H groups in total. The Morgan fingerprint density at radius 3 is 2.61 bits per heavy atom. The molecule has 4 aromatic rings. The molecular weight excluding hydrogens is 388 g/mol. The first-order chi connectivity index (χ1) is 14.8. The van der Waals surface area contributed by atoms with Gasteiger partial charge >= 0.3 is 0 Å². The monoisotopic (exact) mass is 416 g/mol. The van der Waals surface area contributed by atoms with Gasteiger partial charge in [-0.05, 0) is 64.3 Å². The van der Waals surface area contributed by atoms with Crippen LogP contribution in [-0.2, 0) is 6.42 Å². The van der Waals surface area contributed by atoms with Gasteiger partial charge in [-0.3, -0.25) is 4.79 Å². The lowest BCUT2D eigenvalue weighted by molar-refractivity contribution is 0.102. The van der Waals surface area contributed by atoms with E-state index >= 15 is 0 Å². The Hall–Kier alpha value is -3.41. The highest BCUT2D eigenvalue weighted by molar-refractivity contribution is 6.13. The highest BCUT2D eigenvalue weighted by Crippen LogP contribution is 2.31. The van der Waals surface area contributed by atoms with Crippen LogP contribution in [0.4, 0.5) is 5.69 Å². The topological polar surface area (TPSA) is 73.0 Å². The van der Waals surface area contributed by atoms with Crippen molar-refractivity contribution in [3.8, 4) is 11.3 Å². The highest BCUT2D eigenvalue weighted by Gasteiger charge is 2.21. The molecule has 0 fully saturated rings. The van der Waals surface area contributed by atoms with E-state index in [4.69, 9.17) is 9.40 Å². The number of rotatable bonds is 5. The first kappa shape index (κ1) is 20.8. The third kappa shape index (κ3) is 3.74. The minimum Gasteiger partial charge on any atom is -0.466 e. The van der Waals surface area contributed by atoms with Crippen LogP contribution in [0.2, 0.25) is 0 Å². The van der Waals surface area contributed by atoms with Crippen LogP contribution in [0.25, 0.3) is 22.3 Å². The fraction of sp³-hybridized carbons (Fsp3) is 0.320. The first-order valence-electron chi connectivity index (χ1n) is 10.7. The SMILES string of the molecule is CCc1cccc(C)c1NC(=O)c1cc(-c2cc(C)oc2C)nc2c1cnn2C(C)C. The van der Waals surface area contributed by atoms with Crippen molar-refractivity contribution in [1.29, 1.82) is 0 Å². The van der Waals surface area contributed by atoms with E-state index in [1.54, 1.807) is 6.20 Å². The van der Waals surface area contributed by atoms with Gasteiger partial charge in [0, 0.05) is 17.3 Å². The quantitative estimate of drug-likeness (QED) is 0.432. The number of nitrogens with zero attached hydrogens (tertiary/aromatic N) is 3. The van der Waals surface area contributed by atoms with Crippen molar-refractivity contribution >= 4 is 22.6 Å². The number of carbonyl (C=O) groups is 1. The molecule has 1 aromatic carbocycles. The third-order valence-corrected chi connectivity index (χ3v) is 5.60. The number of nitrogens with one attached hydrogen (secondary N) is 1. The number of aromatic nitrogens is 3. The third-order valence-electron chi connectivity index (χ3n) is 5.60. The molecule has 4 rings (SSSR count). The molecule has 3 aromatic heterocycles. The number of furan rings is 1. The average Bonchev–Trinajstić information content (AvgIpc) is 3.31. The van der Waals surface area contributed by atoms with E-state index in [-0.39, 0.29) is 11.9 Å². The maximum absolute atomic E-state index is 13.5. The van der Waals surface area contributed by atoms with Gasteiger partial charge < -0.3 is 9.73 Å². The van der Waals surface area contributed by atoms with E-state index in [2.05, 4.69) is 31.2 Å². The highest BCUT2D eigenvalue weighted by atomic mass is 16.3. The lowest BCUT2D eigenvalue weighted by Crippen LogP contribution is -2.15. The zero-order chi connectivity index (χ0) is 22.3. The lowest BCUT2D eigenvalue weighted by atomic mass is 10.0. The predicted octanol–water partition coefficient (Wildman–Crippen LogP) is 6.01. The number of fused-ring (bicyclic) bond motifs is 1. The van der Waals surface area contributed by atoms with Crippen molar-refractivity contribution in [3.63, 3.8) is 0 Å². The van der Waals surface area contributed by atoms with Crippen LogP contribution in [0, 0.1) is 20.8 Å². The molecule has 6 nitrogen and oxygen atoms in total. The van der Waals surface area contributed by atoms with E-state index in [9.17, 15) is 4.79 Å². The molecule has 0 saturated carbocycles. The molecule has 1 amide bonds. The summed E-state index contributed by atoms with van der Waals surface area (Å²) in [6.07, 6.45) is 2.57. The second-order valence-electron chi connectivity index (χ2n) is 8.22. The van der Waals surface area contributed by atoms with Crippen LogP contribution in [0.15, 0.2) is 40.9 Å². The standard InChI is InChI=1S/C25H28N4O2/c1-7-18-10-8-9-15(4)23(18)28-25(30)20-12-22(19-11-16(5)31-17(19)6)27-24-21(20)13-26-29(24)14(2)3/h8-14H,7H2,1-6H3,(H,28,30). The molecule has 160 valence electrons. The number of benzene rings is 1. The number of pyridine rings is 1. The number of carbonyl (C=O) groups excluding carboxylic acids is 1. The van der Waals surface area contributed by atoms with Crippen LogP contribution in [-0.4, -0.2) is 20.7 Å². The molecule has 31 heavy (non-hydrogen) atoms. The first-order valence-corrected chi connectivity index (χ1v) is 10.7. The number of para-hydroxylation sites is 1. The minimum atomic E-state index is -0.168. The maximum Gasteiger partial charge on any atom is 0.256 e. The molecule has 0 aliphatic carbocycles. The van der Waals surface area contributed by atoms with Gasteiger partial charge in [-0.1, -0.05) is 25.1 Å². The summed E-state index contributed by atoms with van der Waals surface area (Å²) in [5.74, 6) is 1.42. The average molecular weight is 417 g/mol. The Morgan fingerprint density at radius 2 is 1.97 bits per heavy atom. The Balaban J connectivity index is 1.89. The second kappa shape index (κ2) is 8.02. The van der Waals surface area contributed by atoms with Gasteiger partial charge in [0.1, 0.15) is 11.5 Å². The van der Waals surface area contributed by atoms with Crippen molar-refractivity contribution in [2.75, 3.05) is 5.32 Å². The Bertz CT molecular complexity index is 1280. The van der Waals surface area contributed by atoms with Crippen molar-refractivity contribution in [3.05, 3.63) is 64.7 Å². The Labute approximate surface area is 182 Å². The normalized spacial score (nSPS) is 11.5. The summed E-state index contributed by atoms with van der Waals surface area (Å²) in [4.78, 5) is 18.4. The van der Waals surface area contributed by atoms with Gasteiger partial charge in [-0.15, -0.1) is 0 Å². The molecule has 0 saturated heterocycles. The van der Waals surface area contributed by atoms with Crippen LogP contribution in [0.5, 0.6) is 0 Å². The van der Waals surface area contributed by atoms with E-state index in [0.29, 0.717) is 16.9 Å². The zero-order valence-electron chi connectivity index (χ0n) is 18.9. The minimum absolute atomic E-state index is 0.117. The van der Waals surface area contributed by atoms with E-state index in [0.717, 1.165) is 45.7 Å². The van der Waals surface area contributed by atoms with Crippen LogP contribution in [0.1, 0.15) is 59.8 Å². The number of aryl methyl sites for hydroxylation is 4. The molecule has 0 atom stereocenters. The van der Waals surface area contributed by atoms with Gasteiger partial charge in [-0.25, -0.2) is 9.67 Å². The van der Waals surface area contributed by atoms with Crippen LogP contribution < -0.4 is 5.32 Å². The van der Waals surface area contributed by atoms with E-state index < -0.39 is 0 Å². The molecule has 0 aliphatic rings. The van der Waals surface area contributed by atoms with Crippen molar-refractivity contribution in [1.82, 2.24) is 14.8 Å². The smallest absolute Gasteiger partial charge is 0.256 e. The molecular formula is C25H28N4O2. The maximum atomic E-state index is 13.5. The molecule has 0 bridgehead atoms. The summed E-state index contributed by atoms with van der Waals surface area (Å²) in [6, 6.07) is 9.99. The zero-order valence-corrected chi connectivity index (χ0v) is 18.9. The fourth-order valence-corrected chi connectivity index (χ4v) is 3.99. The van der Waals surface area contributed by atoms with Gasteiger partial charge in [0.2, 0.25) is 0 Å². The molecule has 0 unspecified atom stereocenters. The summed E-state index contributed by atoms with van der Waals surface area (Å²) >= 11 is 0. The summed E-state index contributed by atoms with van der Waals surface area (Å²) < 4.78 is 7.57. The molecule has 6 heteroatoms. The van der Waals surface area contributed by atoms with Gasteiger partial charge in [0.15, 0.2) is 5.65 Å². The largest absolute Gasteiger partial charge is 0.466 e. The number of anilines is 1. The number of hydrogen-bond acceptors (Lipinski definition) is 4. The molecule has 0 aliphatic heterocycles. The summed E-state index contributed by atoms with van der Waals surface area (Å²) in [5, 5.41) is 8.39. The molecule has 0 radical (unpaired) electrons. The van der Waals surface area contributed by atoms with Gasteiger partial charge in [0.05, 0.1) is 22.8 Å². The van der Waals surface area contributed by atoms with Crippen molar-refractivity contribution in [2.45, 2.75) is 54.0 Å². The Kier molecular flexibility index (Phi) is 5.39. The number of amides is 1. The van der Waals surface area contributed by atoms with Crippen molar-refractivity contribution in [2.24, 2.45) is 0 Å². The lowest BCUT2D eigenvalue weighted by Gasteiger charge is -2.14. The van der Waals surface area contributed by atoms with Crippen LogP contribution >= 0.6 is 0 Å².